The van der Waals surface area contributed by atoms with Crippen molar-refractivity contribution < 1.29 is 9.53 Å². The highest BCUT2D eigenvalue weighted by molar-refractivity contribution is 5.58. The number of carbonyl (C=O) groups is 1. The van der Waals surface area contributed by atoms with Gasteiger partial charge in [-0.05, 0) is 52.8 Å². The molecule has 0 bridgehead atoms. The van der Waals surface area contributed by atoms with Crippen molar-refractivity contribution >= 4 is 6.47 Å². The number of hydrogen-bond donors (Lipinski definition) is 1. The largest absolute Gasteiger partial charge is 0.462 e. The van der Waals surface area contributed by atoms with Crippen LogP contribution in [0.1, 0.15) is 39.7 Å². The summed E-state index contributed by atoms with van der Waals surface area (Å²) in [6.07, 6.45) is 4.46. The van der Waals surface area contributed by atoms with Gasteiger partial charge >= 0.3 is 0 Å². The minimum Gasteiger partial charge on any atom is -0.462 e. The van der Waals surface area contributed by atoms with E-state index in [1.807, 2.05) is 26.8 Å². The second-order valence-electron chi connectivity index (χ2n) is 6.85. The summed E-state index contributed by atoms with van der Waals surface area (Å²) in [6, 6.07) is 13.0. The van der Waals surface area contributed by atoms with E-state index in [0.29, 0.717) is 12.5 Å². The summed E-state index contributed by atoms with van der Waals surface area (Å²) < 4.78 is 6.68. The molecule has 24 heavy (non-hydrogen) atoms. The minimum atomic E-state index is -0.318. The first kappa shape index (κ1) is 18.2. The Hall–Kier alpha value is -2.14. The van der Waals surface area contributed by atoms with Crippen molar-refractivity contribution in [2.24, 2.45) is 0 Å². The maximum Gasteiger partial charge on any atom is 0.293 e. The van der Waals surface area contributed by atoms with Gasteiger partial charge in [-0.25, -0.2) is 0 Å². The van der Waals surface area contributed by atoms with Gasteiger partial charge in [0.1, 0.15) is 5.60 Å². The van der Waals surface area contributed by atoms with Gasteiger partial charge in [-0.1, -0.05) is 30.3 Å². The Kier molecular flexibility index (Phi) is 6.55. The first-order chi connectivity index (χ1) is 11.5. The molecule has 1 aromatic carbocycles. The van der Waals surface area contributed by atoms with Crippen molar-refractivity contribution in [3.05, 3.63) is 42.6 Å². The Labute approximate surface area is 144 Å². The highest BCUT2D eigenvalue weighted by Gasteiger charge is 2.15. The van der Waals surface area contributed by atoms with E-state index in [0.717, 1.165) is 18.8 Å². The van der Waals surface area contributed by atoms with Crippen LogP contribution in [0, 0.1) is 0 Å². The Bertz CT molecular complexity index is 611. The maximum absolute atomic E-state index is 9.60. The van der Waals surface area contributed by atoms with Crippen LogP contribution >= 0.6 is 0 Å². The second kappa shape index (κ2) is 8.64. The van der Waals surface area contributed by atoms with Crippen molar-refractivity contribution in [1.82, 2.24) is 15.1 Å². The summed E-state index contributed by atoms with van der Waals surface area (Å²) in [5.74, 6) is 0. The van der Waals surface area contributed by atoms with Crippen LogP contribution in [0.4, 0.5) is 0 Å². The van der Waals surface area contributed by atoms with Gasteiger partial charge in [0.05, 0.1) is 11.7 Å². The van der Waals surface area contributed by atoms with Crippen molar-refractivity contribution in [3.63, 3.8) is 0 Å². The summed E-state index contributed by atoms with van der Waals surface area (Å²) in [5.41, 5.74) is 1.95. The average molecular weight is 329 g/mol. The quantitative estimate of drug-likeness (QED) is 0.877. The van der Waals surface area contributed by atoms with Crippen LogP contribution < -0.4 is 5.32 Å². The molecule has 0 saturated carbocycles. The number of rotatable bonds is 3. The molecule has 3 rings (SSSR count). The number of carbonyl (C=O) groups excluding carboxylic acids is 1. The molecule has 1 N–H and O–H groups in total. The predicted molar refractivity (Wildman–Crippen MR) is 95.7 cm³/mol. The standard InChI is InChI=1S/C14H17N3.C5H10O2/c1-2-4-12(5-3-1)14-8-11-17(16-14)13-6-9-15-10-7-13;1-5(2,3)7-4-6/h1-5,8,11,13,15H,6-7,9-10H2;4H,1-3H3. The summed E-state index contributed by atoms with van der Waals surface area (Å²) in [4.78, 5) is 9.60. The zero-order valence-corrected chi connectivity index (χ0v) is 14.7. The lowest BCUT2D eigenvalue weighted by Crippen LogP contribution is -2.29. The highest BCUT2D eigenvalue weighted by atomic mass is 16.5. The predicted octanol–water partition coefficient (Wildman–Crippen LogP) is 3.43. The van der Waals surface area contributed by atoms with Crippen LogP contribution in [0.25, 0.3) is 11.3 Å². The van der Waals surface area contributed by atoms with Crippen LogP contribution in [0.5, 0.6) is 0 Å². The Morgan fingerprint density at radius 3 is 2.38 bits per heavy atom. The summed E-state index contributed by atoms with van der Waals surface area (Å²) in [6.45, 7) is 8.13. The highest BCUT2D eigenvalue weighted by Crippen LogP contribution is 2.21. The van der Waals surface area contributed by atoms with Crippen LogP contribution in [0.15, 0.2) is 42.6 Å². The Balaban J connectivity index is 0.000000256. The van der Waals surface area contributed by atoms with E-state index in [4.69, 9.17) is 5.10 Å². The number of aromatic nitrogens is 2. The van der Waals surface area contributed by atoms with E-state index in [9.17, 15) is 4.79 Å². The van der Waals surface area contributed by atoms with Gasteiger partial charge < -0.3 is 10.1 Å². The Morgan fingerprint density at radius 2 is 1.83 bits per heavy atom. The third-order valence-corrected chi connectivity index (χ3v) is 3.76. The van der Waals surface area contributed by atoms with E-state index in [1.54, 1.807) is 0 Å². The van der Waals surface area contributed by atoms with E-state index in [2.05, 4.69) is 51.3 Å². The van der Waals surface area contributed by atoms with Crippen LogP contribution in [0.3, 0.4) is 0 Å². The lowest BCUT2D eigenvalue weighted by Gasteiger charge is -2.22. The fraction of sp³-hybridized carbons (Fsp3) is 0.474. The zero-order valence-electron chi connectivity index (χ0n) is 14.7. The van der Waals surface area contributed by atoms with Crippen molar-refractivity contribution in [2.75, 3.05) is 13.1 Å². The molecule has 5 heteroatoms. The van der Waals surface area contributed by atoms with Crippen molar-refractivity contribution in [2.45, 2.75) is 45.3 Å². The monoisotopic (exact) mass is 329 g/mol. The normalized spacial score (nSPS) is 15.3. The molecular formula is C19H27N3O2. The van der Waals surface area contributed by atoms with Gasteiger partial charge in [0, 0.05) is 11.8 Å². The Morgan fingerprint density at radius 1 is 1.17 bits per heavy atom. The number of nitrogens with zero attached hydrogens (tertiary/aromatic N) is 2. The second-order valence-corrected chi connectivity index (χ2v) is 6.85. The summed E-state index contributed by atoms with van der Waals surface area (Å²) >= 11 is 0. The van der Waals surface area contributed by atoms with E-state index >= 15 is 0 Å². The van der Waals surface area contributed by atoms with E-state index in [-0.39, 0.29) is 5.60 Å². The van der Waals surface area contributed by atoms with Crippen molar-refractivity contribution in [3.8, 4) is 11.3 Å². The molecular weight excluding hydrogens is 302 g/mol. The van der Waals surface area contributed by atoms with Crippen LogP contribution in [-0.4, -0.2) is 34.9 Å². The molecule has 0 aliphatic carbocycles. The van der Waals surface area contributed by atoms with Gasteiger partial charge in [-0.15, -0.1) is 0 Å². The fourth-order valence-corrected chi connectivity index (χ4v) is 2.52. The lowest BCUT2D eigenvalue weighted by molar-refractivity contribution is -0.138. The smallest absolute Gasteiger partial charge is 0.293 e. The molecule has 0 spiro atoms. The number of nitrogens with one attached hydrogen (secondary N) is 1. The third kappa shape index (κ3) is 5.81. The number of hydrogen-bond acceptors (Lipinski definition) is 4. The lowest BCUT2D eigenvalue weighted by atomic mass is 10.1. The number of benzene rings is 1. The molecule has 2 heterocycles. The zero-order chi connectivity index (χ0) is 17.4. The third-order valence-electron chi connectivity index (χ3n) is 3.76. The molecule has 2 aromatic rings. The molecule has 0 atom stereocenters. The number of ether oxygens (including phenoxy) is 1. The molecule has 1 aliphatic rings. The van der Waals surface area contributed by atoms with Gasteiger partial charge in [0.25, 0.3) is 6.47 Å². The topological polar surface area (TPSA) is 56.1 Å². The maximum atomic E-state index is 9.60. The summed E-state index contributed by atoms with van der Waals surface area (Å²) in [7, 11) is 0. The molecule has 1 saturated heterocycles. The molecule has 0 unspecified atom stereocenters. The van der Waals surface area contributed by atoms with Crippen LogP contribution in [0.2, 0.25) is 0 Å². The first-order valence-electron chi connectivity index (χ1n) is 8.42. The fourth-order valence-electron chi connectivity index (χ4n) is 2.52. The molecule has 0 amide bonds. The molecule has 1 aromatic heterocycles. The minimum absolute atomic E-state index is 0.318. The van der Waals surface area contributed by atoms with Gasteiger partial charge in [-0.3, -0.25) is 9.48 Å². The van der Waals surface area contributed by atoms with Gasteiger partial charge in [-0.2, -0.15) is 5.10 Å². The molecule has 1 aliphatic heterocycles. The van der Waals surface area contributed by atoms with E-state index in [1.165, 1.54) is 18.4 Å². The van der Waals surface area contributed by atoms with Gasteiger partial charge in [0.15, 0.2) is 0 Å². The molecule has 130 valence electrons. The van der Waals surface area contributed by atoms with Crippen LogP contribution in [-0.2, 0) is 9.53 Å². The van der Waals surface area contributed by atoms with E-state index < -0.39 is 0 Å². The first-order valence-corrected chi connectivity index (χ1v) is 8.42. The van der Waals surface area contributed by atoms with Gasteiger partial charge in [0.2, 0.25) is 0 Å². The SMILES string of the molecule is CC(C)(C)OC=O.c1ccc(-c2ccn(C3CCNCC3)n2)cc1. The average Bonchev–Trinajstić information content (AvgIpc) is 3.06. The molecule has 0 radical (unpaired) electrons. The van der Waals surface area contributed by atoms with Crippen molar-refractivity contribution in [1.29, 1.82) is 0 Å². The summed E-state index contributed by atoms with van der Waals surface area (Å²) in [5, 5.41) is 8.07. The molecule has 1 fully saturated rings. The number of piperidine rings is 1. The molecule has 5 nitrogen and oxygen atoms in total.